The van der Waals surface area contributed by atoms with Gasteiger partial charge in [0.25, 0.3) is 11.5 Å². The molecule has 0 unspecified atom stereocenters. The van der Waals surface area contributed by atoms with Crippen molar-refractivity contribution in [1.82, 2.24) is 14.8 Å². The number of rotatable bonds is 5. The standard InChI is InChI=1S/C17H21N3O3S/c21-9-5-13-11-20(17(23)15-4-1-6-18-16(15)22)8-7-19(13)12-14-3-2-10-24-14/h1-4,6,10,13,21H,5,7-9,11-12H2,(H,18,22)/t13-/m1/s1. The van der Waals surface area contributed by atoms with Crippen molar-refractivity contribution in [1.29, 1.82) is 0 Å². The molecule has 3 heterocycles. The topological polar surface area (TPSA) is 76.6 Å². The molecule has 0 radical (unpaired) electrons. The third-order valence-electron chi connectivity index (χ3n) is 4.34. The number of H-pyrrole nitrogens is 1. The third-order valence-corrected chi connectivity index (χ3v) is 5.20. The van der Waals surface area contributed by atoms with Gasteiger partial charge in [-0.2, -0.15) is 0 Å². The largest absolute Gasteiger partial charge is 0.396 e. The second-order valence-corrected chi connectivity index (χ2v) is 6.91. The molecule has 7 heteroatoms. The number of hydrogen-bond donors (Lipinski definition) is 2. The van der Waals surface area contributed by atoms with Crippen LogP contribution in [0.2, 0.25) is 0 Å². The number of amides is 1. The van der Waals surface area contributed by atoms with E-state index in [1.807, 2.05) is 6.07 Å². The molecule has 0 bridgehead atoms. The molecule has 2 aromatic rings. The lowest BCUT2D eigenvalue weighted by atomic mass is 10.1. The van der Waals surface area contributed by atoms with Gasteiger partial charge in [-0.25, -0.2) is 0 Å². The fraction of sp³-hybridized carbons (Fsp3) is 0.412. The first-order valence-corrected chi connectivity index (χ1v) is 8.91. The molecule has 1 fully saturated rings. The maximum atomic E-state index is 12.6. The van der Waals surface area contributed by atoms with Gasteiger partial charge in [0.1, 0.15) is 5.56 Å². The molecule has 6 nitrogen and oxygen atoms in total. The molecular formula is C17H21N3O3S. The Labute approximate surface area is 144 Å². The highest BCUT2D eigenvalue weighted by molar-refractivity contribution is 7.09. The van der Waals surface area contributed by atoms with E-state index >= 15 is 0 Å². The molecule has 0 aliphatic carbocycles. The van der Waals surface area contributed by atoms with Crippen LogP contribution in [-0.2, 0) is 6.54 Å². The second-order valence-electron chi connectivity index (χ2n) is 5.88. The van der Waals surface area contributed by atoms with Crippen LogP contribution in [0, 0.1) is 0 Å². The molecule has 128 valence electrons. The van der Waals surface area contributed by atoms with Crippen molar-refractivity contribution in [3.8, 4) is 0 Å². The van der Waals surface area contributed by atoms with Crippen LogP contribution in [-0.4, -0.2) is 58.1 Å². The predicted molar refractivity (Wildman–Crippen MR) is 93.2 cm³/mol. The van der Waals surface area contributed by atoms with Crippen LogP contribution in [0.15, 0.2) is 40.6 Å². The van der Waals surface area contributed by atoms with Crippen molar-refractivity contribution in [2.24, 2.45) is 0 Å². The molecule has 2 N–H and O–H groups in total. The van der Waals surface area contributed by atoms with Crippen LogP contribution in [0.5, 0.6) is 0 Å². The van der Waals surface area contributed by atoms with E-state index < -0.39 is 0 Å². The van der Waals surface area contributed by atoms with Crippen LogP contribution in [0.3, 0.4) is 0 Å². The minimum atomic E-state index is -0.359. The van der Waals surface area contributed by atoms with E-state index in [4.69, 9.17) is 0 Å². The van der Waals surface area contributed by atoms with Crippen molar-refractivity contribution in [2.75, 3.05) is 26.2 Å². The third kappa shape index (κ3) is 3.75. The highest BCUT2D eigenvalue weighted by Gasteiger charge is 2.30. The summed E-state index contributed by atoms with van der Waals surface area (Å²) in [6.45, 7) is 2.76. The zero-order chi connectivity index (χ0) is 16.9. The SMILES string of the molecule is O=C(c1ccc[nH]c1=O)N1CCN(Cc2cccs2)[C@H](CCO)C1. The fourth-order valence-corrected chi connectivity index (χ4v) is 3.80. The summed E-state index contributed by atoms with van der Waals surface area (Å²) >= 11 is 1.71. The van der Waals surface area contributed by atoms with Crippen molar-refractivity contribution < 1.29 is 9.90 Å². The number of carbonyl (C=O) groups excluding carboxylic acids is 1. The van der Waals surface area contributed by atoms with E-state index in [0.29, 0.717) is 19.5 Å². The Morgan fingerprint density at radius 2 is 2.21 bits per heavy atom. The Morgan fingerprint density at radius 1 is 1.33 bits per heavy atom. The molecule has 3 rings (SSSR count). The smallest absolute Gasteiger partial charge is 0.260 e. The summed E-state index contributed by atoms with van der Waals surface area (Å²) in [5, 5.41) is 11.4. The molecule has 24 heavy (non-hydrogen) atoms. The lowest BCUT2D eigenvalue weighted by Crippen LogP contribution is -2.55. The van der Waals surface area contributed by atoms with Crippen LogP contribution in [0.1, 0.15) is 21.7 Å². The number of hydrogen-bond acceptors (Lipinski definition) is 5. The number of carbonyl (C=O) groups is 1. The van der Waals surface area contributed by atoms with Crippen molar-refractivity contribution in [3.63, 3.8) is 0 Å². The average Bonchev–Trinajstić information content (AvgIpc) is 3.09. The molecule has 2 aromatic heterocycles. The van der Waals surface area contributed by atoms with Gasteiger partial charge in [0, 0.05) is 49.9 Å². The highest BCUT2D eigenvalue weighted by Crippen LogP contribution is 2.20. The molecule has 0 spiro atoms. The van der Waals surface area contributed by atoms with Crippen molar-refractivity contribution in [3.05, 3.63) is 56.6 Å². The maximum Gasteiger partial charge on any atom is 0.260 e. The Kier molecular flexibility index (Phi) is 5.44. The van der Waals surface area contributed by atoms with Gasteiger partial charge in [-0.1, -0.05) is 6.07 Å². The Morgan fingerprint density at radius 3 is 2.92 bits per heavy atom. The summed E-state index contributed by atoms with van der Waals surface area (Å²) in [5.74, 6) is -0.240. The lowest BCUT2D eigenvalue weighted by Gasteiger charge is -2.41. The molecule has 1 aliphatic rings. The van der Waals surface area contributed by atoms with Gasteiger partial charge in [0.05, 0.1) is 0 Å². The molecule has 1 saturated heterocycles. The van der Waals surface area contributed by atoms with Crippen molar-refractivity contribution in [2.45, 2.75) is 19.0 Å². The number of nitrogens with zero attached hydrogens (tertiary/aromatic N) is 2. The first-order valence-electron chi connectivity index (χ1n) is 8.03. The van der Waals surface area contributed by atoms with Gasteiger partial charge in [-0.3, -0.25) is 14.5 Å². The number of aromatic nitrogens is 1. The number of aromatic amines is 1. The van der Waals surface area contributed by atoms with Gasteiger partial charge in [0.2, 0.25) is 0 Å². The van der Waals surface area contributed by atoms with Crippen LogP contribution in [0.4, 0.5) is 0 Å². The monoisotopic (exact) mass is 347 g/mol. The normalized spacial score (nSPS) is 18.7. The Balaban J connectivity index is 1.71. The molecule has 0 aromatic carbocycles. The number of aliphatic hydroxyl groups excluding tert-OH is 1. The van der Waals surface area contributed by atoms with E-state index in [1.54, 1.807) is 28.4 Å². The fourth-order valence-electron chi connectivity index (χ4n) is 3.07. The Hall–Kier alpha value is -1.96. The average molecular weight is 347 g/mol. The maximum absolute atomic E-state index is 12.6. The first kappa shape index (κ1) is 16.9. The lowest BCUT2D eigenvalue weighted by molar-refractivity contribution is 0.0397. The highest BCUT2D eigenvalue weighted by atomic mass is 32.1. The number of piperazine rings is 1. The number of thiophene rings is 1. The number of pyridine rings is 1. The van der Waals surface area contributed by atoms with E-state index in [9.17, 15) is 14.7 Å². The van der Waals surface area contributed by atoms with E-state index in [2.05, 4.69) is 21.3 Å². The summed E-state index contributed by atoms with van der Waals surface area (Å²) in [5.41, 5.74) is -0.186. The number of nitrogens with one attached hydrogen (secondary N) is 1. The van der Waals surface area contributed by atoms with Gasteiger partial charge in [-0.15, -0.1) is 11.3 Å². The van der Waals surface area contributed by atoms with Gasteiger partial charge < -0.3 is 15.0 Å². The summed E-state index contributed by atoms with van der Waals surface area (Å²) in [6, 6.07) is 7.44. The van der Waals surface area contributed by atoms with Crippen LogP contribution >= 0.6 is 11.3 Å². The molecular weight excluding hydrogens is 326 g/mol. The minimum Gasteiger partial charge on any atom is -0.396 e. The van der Waals surface area contributed by atoms with Gasteiger partial charge >= 0.3 is 0 Å². The quantitative estimate of drug-likeness (QED) is 0.851. The minimum absolute atomic E-state index is 0.0829. The molecule has 1 atom stereocenters. The summed E-state index contributed by atoms with van der Waals surface area (Å²) in [7, 11) is 0. The summed E-state index contributed by atoms with van der Waals surface area (Å²) < 4.78 is 0. The van der Waals surface area contributed by atoms with E-state index in [-0.39, 0.29) is 29.7 Å². The van der Waals surface area contributed by atoms with Crippen LogP contribution < -0.4 is 5.56 Å². The van der Waals surface area contributed by atoms with Gasteiger partial charge in [0.15, 0.2) is 0 Å². The Bertz CT molecular complexity index is 729. The molecule has 1 aliphatic heterocycles. The second kappa shape index (κ2) is 7.74. The number of aliphatic hydroxyl groups is 1. The zero-order valence-corrected chi connectivity index (χ0v) is 14.2. The molecule has 1 amide bonds. The first-order chi connectivity index (χ1) is 11.7. The van der Waals surface area contributed by atoms with Crippen molar-refractivity contribution >= 4 is 17.2 Å². The summed E-state index contributed by atoms with van der Waals surface area (Å²) in [6.07, 6.45) is 2.13. The summed E-state index contributed by atoms with van der Waals surface area (Å²) in [4.78, 5) is 32.3. The van der Waals surface area contributed by atoms with Gasteiger partial charge in [-0.05, 0) is 30.0 Å². The van der Waals surface area contributed by atoms with E-state index in [0.717, 1.165) is 13.1 Å². The zero-order valence-electron chi connectivity index (χ0n) is 13.4. The van der Waals surface area contributed by atoms with E-state index in [1.165, 1.54) is 11.1 Å². The molecule has 0 saturated carbocycles. The predicted octanol–water partition coefficient (Wildman–Crippen LogP) is 1.15. The van der Waals surface area contributed by atoms with Crippen LogP contribution in [0.25, 0.3) is 0 Å².